The first-order chi connectivity index (χ1) is 17.3. The minimum Gasteiger partial charge on any atom is -0.481 e. The summed E-state index contributed by atoms with van der Waals surface area (Å²) in [5.74, 6) is -2.42. The Hall–Kier alpha value is -2.94. The zero-order chi connectivity index (χ0) is 26.1. The highest BCUT2D eigenvalue weighted by Crippen LogP contribution is 2.38. The summed E-state index contributed by atoms with van der Waals surface area (Å²) in [7, 11) is 0. The molecule has 0 unspecified atom stereocenters. The number of carboxylic acid groups (broad SMARTS) is 2. The Kier molecular flexibility index (Phi) is 10.3. The second kappa shape index (κ2) is 13.4. The van der Waals surface area contributed by atoms with Crippen LogP contribution in [-0.2, 0) is 4.79 Å². The maximum absolute atomic E-state index is 14.6. The van der Waals surface area contributed by atoms with Crippen molar-refractivity contribution in [1.29, 1.82) is 0 Å². The molecule has 36 heavy (non-hydrogen) atoms. The molecule has 1 aromatic heterocycles. The van der Waals surface area contributed by atoms with E-state index in [1.54, 1.807) is 6.07 Å². The molecule has 198 valence electrons. The summed E-state index contributed by atoms with van der Waals surface area (Å²) in [6.45, 7) is 5.16. The third kappa shape index (κ3) is 7.53. The van der Waals surface area contributed by atoms with Crippen LogP contribution in [0, 0.1) is 5.82 Å². The summed E-state index contributed by atoms with van der Waals surface area (Å²) < 4.78 is 16.4. The van der Waals surface area contributed by atoms with Crippen molar-refractivity contribution in [3.05, 3.63) is 39.9 Å². The molecule has 2 fully saturated rings. The molecular weight excluding hydrogens is 465 g/mol. The SMILES string of the molecule is CCCCCCCCCC(=O)O.O=C(O)c1cn(C2CC2)c2cc(N3CCNCC3)c(F)cc2c1=O. The fourth-order valence-electron chi connectivity index (χ4n) is 4.55. The lowest BCUT2D eigenvalue weighted by atomic mass is 10.1. The number of carbonyl (C=O) groups is 2. The van der Waals surface area contributed by atoms with Crippen LogP contribution in [0.2, 0.25) is 0 Å². The molecule has 1 aliphatic heterocycles. The van der Waals surface area contributed by atoms with Crippen molar-refractivity contribution in [3.63, 3.8) is 0 Å². The summed E-state index contributed by atoms with van der Waals surface area (Å²) in [4.78, 5) is 35.8. The molecule has 2 heterocycles. The molecule has 9 heteroatoms. The minimum atomic E-state index is -1.28. The van der Waals surface area contributed by atoms with Crippen LogP contribution in [0.5, 0.6) is 0 Å². The lowest BCUT2D eigenvalue weighted by Gasteiger charge is -2.30. The first kappa shape index (κ1) is 27.6. The van der Waals surface area contributed by atoms with Crippen LogP contribution in [-0.4, -0.2) is 52.9 Å². The number of hydrogen-bond donors (Lipinski definition) is 3. The van der Waals surface area contributed by atoms with Crippen LogP contribution in [0.15, 0.2) is 23.1 Å². The van der Waals surface area contributed by atoms with Crippen molar-refractivity contribution in [2.24, 2.45) is 0 Å². The molecule has 0 amide bonds. The normalized spacial score (nSPS) is 15.4. The molecule has 0 radical (unpaired) electrons. The van der Waals surface area contributed by atoms with E-state index in [9.17, 15) is 23.9 Å². The highest BCUT2D eigenvalue weighted by Gasteiger charge is 2.28. The number of pyridine rings is 1. The highest BCUT2D eigenvalue weighted by molar-refractivity contribution is 5.93. The van der Waals surface area contributed by atoms with Crippen LogP contribution < -0.4 is 15.6 Å². The Labute approximate surface area is 211 Å². The van der Waals surface area contributed by atoms with Crippen molar-refractivity contribution >= 4 is 28.5 Å². The van der Waals surface area contributed by atoms with Crippen molar-refractivity contribution < 1.29 is 24.2 Å². The van der Waals surface area contributed by atoms with Gasteiger partial charge in [-0.1, -0.05) is 45.4 Å². The van der Waals surface area contributed by atoms with Crippen molar-refractivity contribution in [2.75, 3.05) is 31.1 Å². The number of aromatic carboxylic acids is 1. The van der Waals surface area contributed by atoms with Gasteiger partial charge in [0.05, 0.1) is 11.2 Å². The van der Waals surface area contributed by atoms with Crippen molar-refractivity contribution in [1.82, 2.24) is 9.88 Å². The first-order valence-electron chi connectivity index (χ1n) is 13.1. The van der Waals surface area contributed by atoms with Crippen LogP contribution in [0.4, 0.5) is 10.1 Å². The van der Waals surface area contributed by atoms with Crippen molar-refractivity contribution in [2.45, 2.75) is 77.2 Å². The van der Waals surface area contributed by atoms with Gasteiger partial charge in [-0.05, 0) is 31.4 Å². The number of aliphatic carboxylic acids is 1. The Morgan fingerprint density at radius 2 is 1.67 bits per heavy atom. The van der Waals surface area contributed by atoms with E-state index in [4.69, 9.17) is 5.11 Å². The minimum absolute atomic E-state index is 0.137. The number of nitrogens with one attached hydrogen (secondary N) is 1. The molecular formula is C27H38FN3O5. The Balaban J connectivity index is 0.000000257. The molecule has 2 aromatic rings. The first-order valence-corrected chi connectivity index (χ1v) is 13.1. The smallest absolute Gasteiger partial charge is 0.341 e. The summed E-state index contributed by atoms with van der Waals surface area (Å²) in [6.07, 6.45) is 11.9. The van der Waals surface area contributed by atoms with Gasteiger partial charge in [-0.2, -0.15) is 0 Å². The van der Waals surface area contributed by atoms with Crippen LogP contribution in [0.1, 0.15) is 87.5 Å². The number of benzene rings is 1. The molecule has 1 aromatic carbocycles. The summed E-state index contributed by atoms with van der Waals surface area (Å²) in [6, 6.07) is 3.08. The number of nitrogens with zero attached hydrogens (tertiary/aromatic N) is 2. The van der Waals surface area contributed by atoms with E-state index in [-0.39, 0.29) is 17.0 Å². The molecule has 2 aliphatic rings. The van der Waals surface area contributed by atoms with E-state index in [1.165, 1.54) is 44.4 Å². The van der Waals surface area contributed by atoms with Gasteiger partial charge in [0.15, 0.2) is 0 Å². The van der Waals surface area contributed by atoms with E-state index >= 15 is 0 Å². The highest BCUT2D eigenvalue weighted by atomic mass is 19.1. The number of hydrogen-bond acceptors (Lipinski definition) is 5. The number of fused-ring (bicyclic) bond motifs is 1. The van der Waals surface area contributed by atoms with Gasteiger partial charge in [-0.3, -0.25) is 9.59 Å². The maximum Gasteiger partial charge on any atom is 0.341 e. The quantitative estimate of drug-likeness (QED) is 0.378. The second-order valence-corrected chi connectivity index (χ2v) is 9.64. The fraction of sp³-hybridized carbons (Fsp3) is 0.593. The summed E-state index contributed by atoms with van der Waals surface area (Å²) >= 11 is 0. The number of piperazine rings is 1. The molecule has 0 spiro atoms. The average molecular weight is 504 g/mol. The lowest BCUT2D eigenvalue weighted by molar-refractivity contribution is -0.137. The second-order valence-electron chi connectivity index (χ2n) is 9.64. The van der Waals surface area contributed by atoms with Gasteiger partial charge >= 0.3 is 11.9 Å². The lowest BCUT2D eigenvalue weighted by Crippen LogP contribution is -2.43. The molecule has 1 saturated heterocycles. The van der Waals surface area contributed by atoms with Gasteiger partial charge in [0.2, 0.25) is 5.43 Å². The maximum atomic E-state index is 14.6. The van der Waals surface area contributed by atoms with Gasteiger partial charge in [0.25, 0.3) is 0 Å². The monoisotopic (exact) mass is 503 g/mol. The van der Waals surface area contributed by atoms with Gasteiger partial charge in [0, 0.05) is 50.2 Å². The Bertz CT molecular complexity index is 1110. The van der Waals surface area contributed by atoms with E-state index < -0.39 is 23.2 Å². The molecule has 3 N–H and O–H groups in total. The zero-order valence-electron chi connectivity index (χ0n) is 21.1. The van der Waals surface area contributed by atoms with Gasteiger partial charge < -0.3 is 25.0 Å². The topological polar surface area (TPSA) is 112 Å². The third-order valence-corrected chi connectivity index (χ3v) is 6.72. The number of anilines is 1. The van der Waals surface area contributed by atoms with Crippen LogP contribution >= 0.6 is 0 Å². The van der Waals surface area contributed by atoms with Gasteiger partial charge in [-0.25, -0.2) is 9.18 Å². The molecule has 1 saturated carbocycles. The molecule has 4 rings (SSSR count). The zero-order valence-corrected chi connectivity index (χ0v) is 21.1. The Morgan fingerprint density at radius 3 is 2.25 bits per heavy atom. The molecule has 0 bridgehead atoms. The average Bonchev–Trinajstić information content (AvgIpc) is 3.70. The number of rotatable bonds is 11. The third-order valence-electron chi connectivity index (χ3n) is 6.72. The summed E-state index contributed by atoms with van der Waals surface area (Å²) in [5, 5.41) is 21.0. The number of halogens is 1. The van der Waals surface area contributed by atoms with Gasteiger partial charge in [0.1, 0.15) is 11.4 Å². The molecule has 8 nitrogen and oxygen atoms in total. The molecule has 1 aliphatic carbocycles. The molecule has 0 atom stereocenters. The predicted molar refractivity (Wildman–Crippen MR) is 139 cm³/mol. The largest absolute Gasteiger partial charge is 0.481 e. The number of aromatic nitrogens is 1. The standard InChI is InChI=1S/C17H18FN3O3.C10H20O2/c18-13-7-11-14(8-15(13)20-5-3-19-4-6-20)21(10-1-2-10)9-12(16(11)22)17(23)24;1-2-3-4-5-6-7-8-9-10(11)12/h7-10,19H,1-6H2,(H,23,24);2-9H2,1H3,(H,11,12). The van der Waals surface area contributed by atoms with E-state index in [0.29, 0.717) is 30.7 Å². The van der Waals surface area contributed by atoms with Crippen LogP contribution in [0.25, 0.3) is 10.9 Å². The van der Waals surface area contributed by atoms with Gasteiger partial charge in [-0.15, -0.1) is 0 Å². The van der Waals surface area contributed by atoms with Crippen LogP contribution in [0.3, 0.4) is 0 Å². The number of unbranched alkanes of at least 4 members (excludes halogenated alkanes) is 6. The van der Waals surface area contributed by atoms with E-state index in [0.717, 1.165) is 38.8 Å². The predicted octanol–water partition coefficient (Wildman–Crippen LogP) is 4.80. The summed E-state index contributed by atoms with van der Waals surface area (Å²) in [5.41, 5.74) is 0.159. The number of carboxylic acids is 2. The van der Waals surface area contributed by atoms with Crippen molar-refractivity contribution in [3.8, 4) is 0 Å². The fourth-order valence-corrected chi connectivity index (χ4v) is 4.55. The van der Waals surface area contributed by atoms with E-state index in [2.05, 4.69) is 12.2 Å². The Morgan fingerprint density at radius 1 is 1.03 bits per heavy atom. The van der Waals surface area contributed by atoms with E-state index in [1.807, 2.05) is 9.47 Å².